The molecular formula is C11H9NO4. The Balaban J connectivity index is 2.46. The third-order valence-electron chi connectivity index (χ3n) is 2.13. The normalized spacial score (nSPS) is 12.0. The lowest BCUT2D eigenvalue weighted by Gasteiger charge is -2.05. The lowest BCUT2D eigenvalue weighted by Crippen LogP contribution is -2.06. The minimum atomic E-state index is -0.478. The van der Waals surface area contributed by atoms with Gasteiger partial charge in [-0.05, 0) is 19.1 Å². The van der Waals surface area contributed by atoms with E-state index in [1.54, 1.807) is 6.92 Å². The summed E-state index contributed by atoms with van der Waals surface area (Å²) in [7, 11) is 0. The molecule has 0 aromatic heterocycles. The number of benzene rings is 1. The molecule has 1 aliphatic heterocycles. The lowest BCUT2D eigenvalue weighted by atomic mass is 10.1. The zero-order valence-electron chi connectivity index (χ0n) is 8.65. The van der Waals surface area contributed by atoms with E-state index in [1.807, 2.05) is 6.07 Å². The van der Waals surface area contributed by atoms with E-state index in [4.69, 9.17) is 19.5 Å². The number of fused-ring (bicyclic) bond motifs is 1. The zero-order chi connectivity index (χ0) is 11.5. The summed E-state index contributed by atoms with van der Waals surface area (Å²) in [6.45, 7) is 2.02. The second kappa shape index (κ2) is 4.11. The van der Waals surface area contributed by atoms with Crippen LogP contribution in [0.15, 0.2) is 12.1 Å². The van der Waals surface area contributed by atoms with Gasteiger partial charge in [0.15, 0.2) is 11.5 Å². The maximum Gasteiger partial charge on any atom is 0.342 e. The van der Waals surface area contributed by atoms with E-state index in [2.05, 4.69) is 0 Å². The van der Waals surface area contributed by atoms with Crippen LogP contribution in [0.2, 0.25) is 0 Å². The van der Waals surface area contributed by atoms with Gasteiger partial charge < -0.3 is 14.2 Å². The Hall–Kier alpha value is -2.22. The molecule has 0 unspecified atom stereocenters. The third-order valence-corrected chi connectivity index (χ3v) is 2.13. The van der Waals surface area contributed by atoms with Crippen LogP contribution in [-0.4, -0.2) is 19.4 Å². The molecule has 1 aromatic rings. The number of nitriles is 1. The molecule has 0 bridgehead atoms. The zero-order valence-corrected chi connectivity index (χ0v) is 8.65. The first kappa shape index (κ1) is 10.3. The quantitative estimate of drug-likeness (QED) is 0.704. The first-order valence-corrected chi connectivity index (χ1v) is 4.77. The van der Waals surface area contributed by atoms with E-state index in [9.17, 15) is 4.79 Å². The molecule has 1 aliphatic rings. The van der Waals surface area contributed by atoms with Crippen molar-refractivity contribution < 1.29 is 19.0 Å². The minimum Gasteiger partial charge on any atom is -0.462 e. The van der Waals surface area contributed by atoms with Gasteiger partial charge in [0.1, 0.15) is 11.6 Å². The molecular weight excluding hydrogens is 210 g/mol. The van der Waals surface area contributed by atoms with Crippen LogP contribution in [0.1, 0.15) is 22.8 Å². The fraction of sp³-hybridized carbons (Fsp3) is 0.273. The smallest absolute Gasteiger partial charge is 0.342 e. The number of hydrogen-bond acceptors (Lipinski definition) is 5. The molecule has 2 rings (SSSR count). The summed E-state index contributed by atoms with van der Waals surface area (Å²) < 4.78 is 15.2. The van der Waals surface area contributed by atoms with Crippen LogP contribution in [0.3, 0.4) is 0 Å². The maximum absolute atomic E-state index is 11.6. The molecule has 1 aromatic carbocycles. The lowest BCUT2D eigenvalue weighted by molar-refractivity contribution is 0.0522. The SMILES string of the molecule is CCOC(=O)c1ccc(C#N)c2c1OCO2. The predicted molar refractivity (Wildman–Crippen MR) is 53.2 cm³/mol. The number of carbonyl (C=O) groups excluding carboxylic acids is 1. The molecule has 0 saturated heterocycles. The second-order valence-corrected chi connectivity index (χ2v) is 3.06. The Bertz CT molecular complexity index is 476. The van der Waals surface area contributed by atoms with Crippen LogP contribution in [0.25, 0.3) is 0 Å². The van der Waals surface area contributed by atoms with Crippen molar-refractivity contribution in [3.05, 3.63) is 23.3 Å². The van der Waals surface area contributed by atoms with Crippen molar-refractivity contribution in [3.8, 4) is 17.6 Å². The van der Waals surface area contributed by atoms with Gasteiger partial charge in [0.25, 0.3) is 0 Å². The van der Waals surface area contributed by atoms with E-state index in [0.717, 1.165) is 0 Å². The van der Waals surface area contributed by atoms with Gasteiger partial charge in [-0.1, -0.05) is 0 Å². The Morgan fingerprint density at radius 1 is 1.50 bits per heavy atom. The fourth-order valence-electron chi connectivity index (χ4n) is 1.45. The molecule has 0 atom stereocenters. The summed E-state index contributed by atoms with van der Waals surface area (Å²) in [5.74, 6) is 0.124. The van der Waals surface area contributed by atoms with E-state index in [0.29, 0.717) is 11.3 Å². The van der Waals surface area contributed by atoms with Gasteiger partial charge in [-0.25, -0.2) is 4.79 Å². The van der Waals surface area contributed by atoms with E-state index in [-0.39, 0.29) is 24.7 Å². The molecule has 0 saturated carbocycles. The Morgan fingerprint density at radius 3 is 2.94 bits per heavy atom. The number of nitrogens with zero attached hydrogens (tertiary/aromatic N) is 1. The van der Waals surface area contributed by atoms with Crippen LogP contribution in [0, 0.1) is 11.3 Å². The van der Waals surface area contributed by atoms with Crippen LogP contribution in [-0.2, 0) is 4.74 Å². The molecule has 0 aliphatic carbocycles. The van der Waals surface area contributed by atoms with Gasteiger partial charge in [-0.2, -0.15) is 5.26 Å². The van der Waals surface area contributed by atoms with Crippen molar-refractivity contribution in [2.75, 3.05) is 13.4 Å². The van der Waals surface area contributed by atoms with Gasteiger partial charge >= 0.3 is 5.97 Å². The third kappa shape index (κ3) is 1.54. The van der Waals surface area contributed by atoms with Crippen molar-refractivity contribution in [1.29, 1.82) is 5.26 Å². The molecule has 5 heteroatoms. The summed E-state index contributed by atoms with van der Waals surface area (Å²) in [4.78, 5) is 11.6. The summed E-state index contributed by atoms with van der Waals surface area (Å²) in [5, 5.41) is 8.83. The fourth-order valence-corrected chi connectivity index (χ4v) is 1.45. The number of carbonyl (C=O) groups is 1. The number of rotatable bonds is 2. The molecule has 0 radical (unpaired) electrons. The molecule has 16 heavy (non-hydrogen) atoms. The molecule has 1 heterocycles. The van der Waals surface area contributed by atoms with Crippen LogP contribution in [0.4, 0.5) is 0 Å². The number of esters is 1. The highest BCUT2D eigenvalue weighted by molar-refractivity contribution is 5.94. The Morgan fingerprint density at radius 2 is 2.25 bits per heavy atom. The van der Waals surface area contributed by atoms with E-state index in [1.165, 1.54) is 12.1 Å². The van der Waals surface area contributed by atoms with Gasteiger partial charge in [0, 0.05) is 0 Å². The molecule has 5 nitrogen and oxygen atoms in total. The minimum absolute atomic E-state index is 0.0143. The van der Waals surface area contributed by atoms with Crippen molar-refractivity contribution in [2.24, 2.45) is 0 Å². The average Bonchev–Trinajstić information content (AvgIpc) is 2.76. The molecule has 82 valence electrons. The predicted octanol–water partition coefficient (Wildman–Crippen LogP) is 1.46. The summed E-state index contributed by atoms with van der Waals surface area (Å²) in [6.07, 6.45) is 0. The van der Waals surface area contributed by atoms with Crippen molar-refractivity contribution >= 4 is 5.97 Å². The first-order chi connectivity index (χ1) is 7.77. The van der Waals surface area contributed by atoms with Crippen LogP contribution in [0.5, 0.6) is 11.5 Å². The second-order valence-electron chi connectivity index (χ2n) is 3.06. The number of ether oxygens (including phenoxy) is 3. The van der Waals surface area contributed by atoms with Gasteiger partial charge in [-0.3, -0.25) is 0 Å². The molecule has 0 fully saturated rings. The Labute approximate surface area is 92.1 Å². The van der Waals surface area contributed by atoms with Crippen LogP contribution < -0.4 is 9.47 Å². The van der Waals surface area contributed by atoms with Crippen molar-refractivity contribution in [3.63, 3.8) is 0 Å². The van der Waals surface area contributed by atoms with E-state index >= 15 is 0 Å². The highest BCUT2D eigenvalue weighted by Crippen LogP contribution is 2.38. The van der Waals surface area contributed by atoms with Crippen LogP contribution >= 0.6 is 0 Å². The largest absolute Gasteiger partial charge is 0.462 e. The van der Waals surface area contributed by atoms with Gasteiger partial charge in [0.2, 0.25) is 6.79 Å². The first-order valence-electron chi connectivity index (χ1n) is 4.77. The molecule has 0 amide bonds. The molecule has 0 spiro atoms. The van der Waals surface area contributed by atoms with Gasteiger partial charge in [0.05, 0.1) is 12.2 Å². The Kier molecular flexibility index (Phi) is 2.64. The van der Waals surface area contributed by atoms with Crippen molar-refractivity contribution in [2.45, 2.75) is 6.92 Å². The highest BCUT2D eigenvalue weighted by Gasteiger charge is 2.25. The highest BCUT2D eigenvalue weighted by atomic mass is 16.7. The summed E-state index contributed by atoms with van der Waals surface area (Å²) in [6, 6.07) is 4.99. The average molecular weight is 219 g/mol. The maximum atomic E-state index is 11.6. The summed E-state index contributed by atoms with van der Waals surface area (Å²) >= 11 is 0. The molecule has 0 N–H and O–H groups in total. The number of hydrogen-bond donors (Lipinski definition) is 0. The van der Waals surface area contributed by atoms with E-state index < -0.39 is 5.97 Å². The topological polar surface area (TPSA) is 68.6 Å². The monoisotopic (exact) mass is 219 g/mol. The summed E-state index contributed by atoms with van der Waals surface area (Å²) in [5.41, 5.74) is 0.633. The standard InChI is InChI=1S/C11H9NO4/c1-2-14-11(13)8-4-3-7(5-12)9-10(8)16-6-15-9/h3-4H,2,6H2,1H3. The van der Waals surface area contributed by atoms with Gasteiger partial charge in [-0.15, -0.1) is 0 Å². The van der Waals surface area contributed by atoms with Crippen molar-refractivity contribution in [1.82, 2.24) is 0 Å².